The average Bonchev–Trinajstić information content (AvgIpc) is 4.10. The van der Waals surface area contributed by atoms with Gasteiger partial charge in [-0.2, -0.15) is 0 Å². The van der Waals surface area contributed by atoms with Crippen LogP contribution in [0.3, 0.4) is 0 Å². The fourth-order valence-corrected chi connectivity index (χ4v) is 5.87. The van der Waals surface area contributed by atoms with Crippen molar-refractivity contribution in [2.45, 2.75) is 130 Å². The topological polar surface area (TPSA) is 129 Å². The Hall–Kier alpha value is -1.69. The van der Waals surface area contributed by atoms with Crippen LogP contribution >= 0.6 is 0 Å². The van der Waals surface area contributed by atoms with E-state index in [4.69, 9.17) is 18.9 Å². The molecule has 0 amide bonds. The normalized spacial score (nSPS) is 13.9. The summed E-state index contributed by atoms with van der Waals surface area (Å²) in [4.78, 5) is 0. The van der Waals surface area contributed by atoms with Gasteiger partial charge >= 0.3 is 75.4 Å². The van der Waals surface area contributed by atoms with Crippen molar-refractivity contribution < 1.29 is 115 Å². The van der Waals surface area contributed by atoms with E-state index in [9.17, 15) is 20.4 Å². The monoisotopic (exact) mass is 857 g/mol. The molecule has 64 heavy (non-hydrogen) atoms. The van der Waals surface area contributed by atoms with E-state index in [-0.39, 0.29) is 98.4 Å². The minimum absolute atomic E-state index is 0. The molecule has 4 aromatic rings. The first-order valence-corrected chi connectivity index (χ1v) is 22.2. The maximum atomic E-state index is 11.1. The predicted molar refractivity (Wildman–Crippen MR) is 240 cm³/mol. The summed E-state index contributed by atoms with van der Waals surface area (Å²) in [6, 6.07) is 28.6. The minimum Gasteiger partial charge on any atom is -0.872 e. The van der Waals surface area contributed by atoms with Crippen LogP contribution in [0.5, 0.6) is 23.0 Å². The SMILES string of the molecule is C1CCOC1.C1CCOC1.C1CCOC1.C1CCOC1.CC(C)c1ccccc1[O-].CC(C)c1ccccc1[O-].CC(C)c1ccccc1[O-].CC(C)c1ccccc1[O-].[Li+].[Li+].[Li+].[Li+]. The van der Waals surface area contributed by atoms with Crippen LogP contribution in [0.4, 0.5) is 0 Å². The zero-order valence-electron chi connectivity index (χ0n) is 42.1. The molecule has 4 fully saturated rings. The molecule has 336 valence electrons. The Morgan fingerprint density at radius 1 is 0.281 bits per heavy atom. The molecule has 0 saturated carbocycles. The van der Waals surface area contributed by atoms with E-state index in [1.807, 2.05) is 104 Å². The zero-order chi connectivity index (χ0) is 44.4. The van der Waals surface area contributed by atoms with Crippen molar-refractivity contribution in [2.24, 2.45) is 0 Å². The van der Waals surface area contributed by atoms with Crippen LogP contribution in [0.15, 0.2) is 97.1 Å². The molecule has 4 aliphatic heterocycles. The van der Waals surface area contributed by atoms with Crippen molar-refractivity contribution in [1.82, 2.24) is 0 Å². The van der Waals surface area contributed by atoms with Crippen molar-refractivity contribution in [3.63, 3.8) is 0 Å². The van der Waals surface area contributed by atoms with Crippen molar-refractivity contribution in [2.75, 3.05) is 52.9 Å². The number of benzene rings is 4. The molecule has 0 aromatic heterocycles. The predicted octanol–water partition coefficient (Wildman–Crippen LogP) is -1.26. The van der Waals surface area contributed by atoms with Gasteiger partial charge in [-0.3, -0.25) is 0 Å². The summed E-state index contributed by atoms with van der Waals surface area (Å²) in [6.45, 7) is 24.2. The molecule has 4 aromatic carbocycles. The fourth-order valence-electron chi connectivity index (χ4n) is 5.87. The molecule has 0 atom stereocenters. The van der Waals surface area contributed by atoms with Gasteiger partial charge in [0, 0.05) is 52.9 Å². The third-order valence-electron chi connectivity index (χ3n) is 9.47. The minimum atomic E-state index is 0. The number of rotatable bonds is 4. The van der Waals surface area contributed by atoms with Crippen molar-refractivity contribution in [3.8, 4) is 23.0 Å². The molecule has 4 heterocycles. The molecule has 0 unspecified atom stereocenters. The van der Waals surface area contributed by atoms with Gasteiger partial charge in [-0.15, -0.1) is 23.0 Å². The molecular formula is C52H76Li4O8. The molecule has 4 aliphatic rings. The van der Waals surface area contributed by atoms with Gasteiger partial charge in [0.1, 0.15) is 0 Å². The van der Waals surface area contributed by atoms with E-state index in [1.165, 1.54) is 51.4 Å². The van der Waals surface area contributed by atoms with E-state index in [1.54, 1.807) is 48.5 Å². The molecule has 0 bridgehead atoms. The second-order valence-electron chi connectivity index (χ2n) is 16.0. The van der Waals surface area contributed by atoms with Gasteiger partial charge in [0.05, 0.1) is 0 Å². The quantitative estimate of drug-likeness (QED) is 0.233. The fraction of sp³-hybridized carbons (Fsp3) is 0.538. The maximum Gasteiger partial charge on any atom is 1.00 e. The van der Waals surface area contributed by atoms with Crippen LogP contribution in [0.25, 0.3) is 0 Å². The van der Waals surface area contributed by atoms with Crippen LogP contribution in [-0.2, 0) is 18.9 Å². The van der Waals surface area contributed by atoms with Gasteiger partial charge in [-0.05, 0) is 75.0 Å². The Kier molecular flexibility index (Phi) is 48.6. The Morgan fingerprint density at radius 2 is 0.422 bits per heavy atom. The van der Waals surface area contributed by atoms with E-state index in [0.29, 0.717) is 23.7 Å². The van der Waals surface area contributed by atoms with Crippen LogP contribution in [0, 0.1) is 0 Å². The van der Waals surface area contributed by atoms with Crippen LogP contribution in [-0.4, -0.2) is 52.9 Å². The van der Waals surface area contributed by atoms with Crippen molar-refractivity contribution in [1.29, 1.82) is 0 Å². The number of hydrogen-bond acceptors (Lipinski definition) is 8. The first-order valence-electron chi connectivity index (χ1n) is 22.2. The van der Waals surface area contributed by atoms with Gasteiger partial charge in [0.25, 0.3) is 0 Å². The van der Waals surface area contributed by atoms with E-state index in [0.717, 1.165) is 75.1 Å². The Bertz CT molecular complexity index is 1340. The van der Waals surface area contributed by atoms with Gasteiger partial charge in [0.2, 0.25) is 0 Å². The molecule has 4 saturated heterocycles. The van der Waals surface area contributed by atoms with E-state index in [2.05, 4.69) is 0 Å². The first kappa shape index (κ1) is 68.9. The molecule has 0 N–H and O–H groups in total. The van der Waals surface area contributed by atoms with E-state index < -0.39 is 0 Å². The van der Waals surface area contributed by atoms with Gasteiger partial charge in [0.15, 0.2) is 0 Å². The summed E-state index contributed by atoms with van der Waals surface area (Å²) in [5, 5.41) is 44.2. The molecule has 8 nitrogen and oxygen atoms in total. The molecule has 0 aliphatic carbocycles. The molecular weight excluding hydrogens is 780 g/mol. The first-order chi connectivity index (χ1) is 28.9. The number of ether oxygens (including phenoxy) is 4. The summed E-state index contributed by atoms with van der Waals surface area (Å²) in [7, 11) is 0. The standard InChI is InChI=1S/4C9H12O.4C4H8O.4Li/c4*1-7(2)8-5-3-4-6-9(8)10;4*1-2-4-5-3-1;;;;/h4*3-7,10H,1-2H3;4*1-4H2;;;;/q;;;;;;;;4*+1/p-4. The van der Waals surface area contributed by atoms with Crippen LogP contribution < -0.4 is 95.9 Å². The smallest absolute Gasteiger partial charge is 0.872 e. The average molecular weight is 857 g/mol. The maximum absolute atomic E-state index is 11.1. The van der Waals surface area contributed by atoms with Crippen LogP contribution in [0.2, 0.25) is 0 Å². The van der Waals surface area contributed by atoms with Gasteiger partial charge in [-0.25, -0.2) is 0 Å². The number of hydrogen-bond donors (Lipinski definition) is 0. The summed E-state index contributed by atoms with van der Waals surface area (Å²) in [5.74, 6) is 1.97. The van der Waals surface area contributed by atoms with Crippen LogP contribution in [0.1, 0.15) is 153 Å². The molecule has 0 radical (unpaired) electrons. The van der Waals surface area contributed by atoms with Gasteiger partial charge < -0.3 is 39.4 Å². The Balaban J connectivity index is -0.000000324. The van der Waals surface area contributed by atoms with Gasteiger partial charge in [-0.1, -0.05) is 175 Å². The third-order valence-corrected chi connectivity index (χ3v) is 9.47. The Labute approximate surface area is 437 Å². The third kappa shape index (κ3) is 34.6. The molecule has 12 heteroatoms. The Morgan fingerprint density at radius 3 is 0.500 bits per heavy atom. The molecule has 8 rings (SSSR count). The summed E-state index contributed by atoms with van der Waals surface area (Å²) < 4.78 is 19.8. The zero-order valence-corrected chi connectivity index (χ0v) is 42.1. The molecule has 0 spiro atoms. The second kappa shape index (κ2) is 45.1. The summed E-state index contributed by atoms with van der Waals surface area (Å²) >= 11 is 0. The van der Waals surface area contributed by atoms with Crippen molar-refractivity contribution >= 4 is 0 Å². The summed E-state index contributed by atoms with van der Waals surface area (Å²) in [5.41, 5.74) is 3.62. The second-order valence-corrected chi connectivity index (χ2v) is 16.0. The summed E-state index contributed by atoms with van der Waals surface area (Å²) in [6.07, 6.45) is 10.2. The number of para-hydroxylation sites is 4. The van der Waals surface area contributed by atoms with E-state index >= 15 is 0 Å². The van der Waals surface area contributed by atoms with Crippen molar-refractivity contribution in [3.05, 3.63) is 119 Å². The largest absolute Gasteiger partial charge is 1.00 e.